The van der Waals surface area contributed by atoms with Crippen molar-refractivity contribution in [2.75, 3.05) is 20.1 Å². The maximum atomic E-state index is 13.1. The fraction of sp³-hybridized carbons (Fsp3) is 0.667. The van der Waals surface area contributed by atoms with Crippen LogP contribution in [0.3, 0.4) is 0 Å². The van der Waals surface area contributed by atoms with E-state index in [9.17, 15) is 31.1 Å². The van der Waals surface area contributed by atoms with Crippen molar-refractivity contribution in [1.82, 2.24) is 9.80 Å². The second-order valence-corrected chi connectivity index (χ2v) is 8.26. The molecule has 0 radical (unpaired) electrons. The Morgan fingerprint density at radius 1 is 0.933 bits per heavy atom. The number of rotatable bonds is 4. The Morgan fingerprint density at radius 2 is 1.47 bits per heavy atom. The van der Waals surface area contributed by atoms with E-state index < -0.39 is 35.8 Å². The quantitative estimate of drug-likeness (QED) is 0.611. The fourth-order valence-corrected chi connectivity index (χ4v) is 4.65. The van der Waals surface area contributed by atoms with Crippen molar-refractivity contribution in [3.8, 4) is 0 Å². The molecule has 1 aliphatic heterocycles. The minimum absolute atomic E-state index is 0.0720. The zero-order chi connectivity index (χ0) is 22.1. The van der Waals surface area contributed by atoms with Gasteiger partial charge in [-0.3, -0.25) is 9.69 Å². The van der Waals surface area contributed by atoms with Gasteiger partial charge in [0.1, 0.15) is 0 Å². The van der Waals surface area contributed by atoms with Crippen molar-refractivity contribution in [3.05, 3.63) is 34.9 Å². The van der Waals surface area contributed by atoms with E-state index in [0.717, 1.165) is 51.6 Å². The number of likely N-dealkylation sites (tertiary alicyclic amines) is 1. The molecule has 3 rings (SSSR count). The summed E-state index contributed by atoms with van der Waals surface area (Å²) in [5.41, 5.74) is -3.06. The van der Waals surface area contributed by atoms with Gasteiger partial charge in [-0.15, -0.1) is 0 Å². The van der Waals surface area contributed by atoms with E-state index in [1.165, 1.54) is 4.90 Å². The second-order valence-electron chi connectivity index (χ2n) is 8.26. The van der Waals surface area contributed by atoms with Crippen LogP contribution in [0.25, 0.3) is 0 Å². The zero-order valence-corrected chi connectivity index (χ0v) is 16.8. The zero-order valence-electron chi connectivity index (χ0n) is 16.8. The van der Waals surface area contributed by atoms with Crippen LogP contribution in [0.5, 0.6) is 0 Å². The Hall–Kier alpha value is -1.77. The van der Waals surface area contributed by atoms with Gasteiger partial charge in [0.05, 0.1) is 17.5 Å². The van der Waals surface area contributed by atoms with Gasteiger partial charge in [-0.05, 0) is 62.5 Å². The third-order valence-corrected chi connectivity index (χ3v) is 6.20. The van der Waals surface area contributed by atoms with Gasteiger partial charge in [-0.2, -0.15) is 26.3 Å². The predicted octanol–water partition coefficient (Wildman–Crippen LogP) is 5.13. The van der Waals surface area contributed by atoms with Crippen LogP contribution in [0.2, 0.25) is 0 Å². The molecule has 2 aliphatic rings. The van der Waals surface area contributed by atoms with Gasteiger partial charge < -0.3 is 4.90 Å². The van der Waals surface area contributed by atoms with Crippen LogP contribution >= 0.6 is 0 Å². The van der Waals surface area contributed by atoms with E-state index in [2.05, 4.69) is 4.90 Å². The van der Waals surface area contributed by atoms with Crippen LogP contribution in [0, 0.1) is 0 Å². The lowest BCUT2D eigenvalue weighted by molar-refractivity contribution is -0.143. The fourth-order valence-electron chi connectivity index (χ4n) is 4.65. The number of hydrogen-bond acceptors (Lipinski definition) is 2. The number of likely N-dealkylation sites (N-methyl/N-ethyl adjacent to an activating group) is 1. The summed E-state index contributed by atoms with van der Waals surface area (Å²) in [4.78, 5) is 16.7. The summed E-state index contributed by atoms with van der Waals surface area (Å²) in [6.45, 7) is 1.93. The second kappa shape index (κ2) is 8.77. The molecule has 1 amide bonds. The summed E-state index contributed by atoms with van der Waals surface area (Å²) >= 11 is 0. The number of carbonyl (C=O) groups is 1. The first-order valence-electron chi connectivity index (χ1n) is 10.2. The van der Waals surface area contributed by atoms with Crippen molar-refractivity contribution >= 4 is 5.91 Å². The molecule has 3 nitrogen and oxygen atoms in total. The lowest BCUT2D eigenvalue weighted by Gasteiger charge is -2.42. The van der Waals surface area contributed by atoms with Gasteiger partial charge in [0.15, 0.2) is 0 Å². The molecule has 0 spiro atoms. The van der Waals surface area contributed by atoms with Crippen LogP contribution in [0.4, 0.5) is 26.3 Å². The number of benzene rings is 1. The summed E-state index contributed by atoms with van der Waals surface area (Å²) in [6, 6.07) is 1.49. The molecular formula is C21H26F6N2O. The van der Waals surface area contributed by atoms with E-state index in [1.807, 2.05) is 0 Å². The Morgan fingerprint density at radius 3 is 2.00 bits per heavy atom. The smallest absolute Gasteiger partial charge is 0.341 e. The number of carbonyl (C=O) groups excluding carboxylic acids is 1. The molecule has 2 fully saturated rings. The molecule has 2 unspecified atom stereocenters. The standard InChI is InChI=1S/C21H26F6N2O/c1-28(17-6-2-3-7-18(17)29-8-4-5-9-29)19(30)12-14-10-15(20(22,23)24)13-16(11-14)21(25,26)27/h10-11,13,17-18H,2-9,12H2,1H3. The van der Waals surface area contributed by atoms with Crippen molar-refractivity contribution in [3.63, 3.8) is 0 Å². The maximum absolute atomic E-state index is 13.1. The molecule has 168 valence electrons. The Bertz CT molecular complexity index is 723. The van der Waals surface area contributed by atoms with Crippen LogP contribution in [-0.4, -0.2) is 47.9 Å². The monoisotopic (exact) mass is 436 g/mol. The highest BCUT2D eigenvalue weighted by molar-refractivity contribution is 5.79. The largest absolute Gasteiger partial charge is 0.416 e. The highest BCUT2D eigenvalue weighted by Gasteiger charge is 2.38. The van der Waals surface area contributed by atoms with Crippen molar-refractivity contribution < 1.29 is 31.1 Å². The Labute approximate surface area is 172 Å². The minimum atomic E-state index is -4.92. The summed E-state index contributed by atoms with van der Waals surface area (Å²) in [6.07, 6.45) is -4.38. The predicted molar refractivity (Wildman–Crippen MR) is 99.8 cm³/mol. The highest BCUT2D eigenvalue weighted by atomic mass is 19.4. The number of nitrogens with zero attached hydrogens (tertiary/aromatic N) is 2. The highest BCUT2D eigenvalue weighted by Crippen LogP contribution is 2.37. The minimum Gasteiger partial charge on any atom is -0.341 e. The van der Waals surface area contributed by atoms with Crippen LogP contribution in [-0.2, 0) is 23.6 Å². The number of alkyl halides is 6. The molecule has 1 heterocycles. The topological polar surface area (TPSA) is 23.6 Å². The SMILES string of the molecule is CN(C(=O)Cc1cc(C(F)(F)F)cc(C(F)(F)F)c1)C1CCCCC1N1CCCC1. The summed E-state index contributed by atoms with van der Waals surface area (Å²) < 4.78 is 78.5. The third-order valence-electron chi connectivity index (χ3n) is 6.20. The molecule has 1 saturated carbocycles. The molecule has 1 aliphatic carbocycles. The van der Waals surface area contributed by atoms with E-state index in [4.69, 9.17) is 0 Å². The normalized spacial score (nSPS) is 23.6. The average molecular weight is 436 g/mol. The Kier molecular flexibility index (Phi) is 6.69. The molecule has 30 heavy (non-hydrogen) atoms. The van der Waals surface area contributed by atoms with Gasteiger partial charge in [0, 0.05) is 19.1 Å². The van der Waals surface area contributed by atoms with E-state index in [0.29, 0.717) is 12.1 Å². The maximum Gasteiger partial charge on any atom is 0.416 e. The Balaban J connectivity index is 1.80. The van der Waals surface area contributed by atoms with Crippen molar-refractivity contribution in [2.24, 2.45) is 0 Å². The molecule has 0 aromatic heterocycles. The average Bonchev–Trinajstić information content (AvgIpc) is 3.20. The molecule has 0 bridgehead atoms. The van der Waals surface area contributed by atoms with Crippen LogP contribution < -0.4 is 0 Å². The first kappa shape index (κ1) is 22.9. The first-order chi connectivity index (χ1) is 14.0. The lowest BCUT2D eigenvalue weighted by Crippen LogP contribution is -2.53. The molecule has 1 aromatic rings. The van der Waals surface area contributed by atoms with E-state index >= 15 is 0 Å². The van der Waals surface area contributed by atoms with E-state index in [1.54, 1.807) is 7.05 Å². The third kappa shape index (κ3) is 5.28. The molecule has 2 atom stereocenters. The van der Waals surface area contributed by atoms with Gasteiger partial charge in [-0.1, -0.05) is 12.8 Å². The van der Waals surface area contributed by atoms with Crippen molar-refractivity contribution in [1.29, 1.82) is 0 Å². The van der Waals surface area contributed by atoms with Crippen molar-refractivity contribution in [2.45, 2.75) is 69.4 Å². The first-order valence-corrected chi connectivity index (χ1v) is 10.2. The van der Waals surface area contributed by atoms with Crippen LogP contribution in [0.15, 0.2) is 18.2 Å². The van der Waals surface area contributed by atoms with Gasteiger partial charge in [-0.25, -0.2) is 0 Å². The molecule has 1 aromatic carbocycles. The number of amides is 1. The van der Waals surface area contributed by atoms with Crippen LogP contribution in [0.1, 0.15) is 55.2 Å². The number of hydrogen-bond donors (Lipinski definition) is 0. The molecular weight excluding hydrogens is 410 g/mol. The molecule has 1 saturated heterocycles. The van der Waals surface area contributed by atoms with Gasteiger partial charge >= 0.3 is 12.4 Å². The van der Waals surface area contributed by atoms with Gasteiger partial charge in [0.2, 0.25) is 5.91 Å². The molecule has 9 heteroatoms. The summed E-state index contributed by atoms with van der Waals surface area (Å²) in [7, 11) is 1.61. The lowest BCUT2D eigenvalue weighted by atomic mass is 9.88. The summed E-state index contributed by atoms with van der Waals surface area (Å²) in [5.74, 6) is -0.460. The van der Waals surface area contributed by atoms with Gasteiger partial charge in [0.25, 0.3) is 0 Å². The molecule has 0 N–H and O–H groups in total. The van der Waals surface area contributed by atoms with E-state index in [-0.39, 0.29) is 23.7 Å². The number of halogens is 6. The summed E-state index contributed by atoms with van der Waals surface area (Å²) in [5, 5.41) is 0.